The van der Waals surface area contributed by atoms with E-state index < -0.39 is 15.7 Å². The van der Waals surface area contributed by atoms with Crippen LogP contribution >= 0.6 is 12.4 Å². The Morgan fingerprint density at radius 1 is 1.33 bits per heavy atom. The lowest BCUT2D eigenvalue weighted by Crippen LogP contribution is -2.48. The summed E-state index contributed by atoms with van der Waals surface area (Å²) in [5, 5.41) is 0. The Hall–Kier alpha value is 0.120. The van der Waals surface area contributed by atoms with Crippen molar-refractivity contribution in [3.8, 4) is 0 Å². The Kier molecular flexibility index (Phi) is 5.49. The fourth-order valence-corrected chi connectivity index (χ4v) is 2.77. The van der Waals surface area contributed by atoms with E-state index in [2.05, 4.69) is 4.72 Å². The zero-order valence-corrected chi connectivity index (χ0v) is 10.8. The fraction of sp³-hybridized carbons (Fsp3) is 1.00. The summed E-state index contributed by atoms with van der Waals surface area (Å²) in [5.74, 6) is 0. The van der Waals surface area contributed by atoms with Crippen molar-refractivity contribution in [2.75, 3.05) is 19.6 Å². The highest BCUT2D eigenvalue weighted by Crippen LogP contribution is 2.11. The Labute approximate surface area is 98.0 Å². The maximum atomic E-state index is 11.6. The van der Waals surface area contributed by atoms with Crippen LogP contribution in [-0.2, 0) is 10.2 Å². The maximum absolute atomic E-state index is 11.6. The van der Waals surface area contributed by atoms with Gasteiger partial charge in [-0.25, -0.2) is 4.72 Å². The molecule has 1 aliphatic heterocycles. The van der Waals surface area contributed by atoms with Gasteiger partial charge in [0.15, 0.2) is 0 Å². The standard InChI is InChI=1S/C8H19N3O2S.ClH/c1-8(2,9)7-10-14(12,13)11-5-3-4-6-11;/h10H,3-7,9H2,1-2H3;1H. The first-order valence-electron chi connectivity index (χ1n) is 4.85. The number of nitrogens with zero attached hydrogens (tertiary/aromatic N) is 1. The molecule has 0 aromatic carbocycles. The summed E-state index contributed by atoms with van der Waals surface area (Å²) in [6, 6.07) is 0. The molecule has 3 N–H and O–H groups in total. The Bertz CT molecular complexity index is 281. The van der Waals surface area contributed by atoms with Gasteiger partial charge in [-0.1, -0.05) is 0 Å². The van der Waals surface area contributed by atoms with Gasteiger partial charge in [-0.05, 0) is 26.7 Å². The molecule has 1 heterocycles. The molecule has 0 unspecified atom stereocenters. The van der Waals surface area contributed by atoms with Crippen LogP contribution in [-0.4, -0.2) is 37.9 Å². The molecule has 1 saturated heterocycles. The van der Waals surface area contributed by atoms with Gasteiger partial charge in [0.1, 0.15) is 0 Å². The van der Waals surface area contributed by atoms with Gasteiger partial charge in [-0.3, -0.25) is 0 Å². The van der Waals surface area contributed by atoms with E-state index in [9.17, 15) is 8.42 Å². The van der Waals surface area contributed by atoms with Crippen LogP contribution in [0.4, 0.5) is 0 Å². The van der Waals surface area contributed by atoms with E-state index >= 15 is 0 Å². The first-order valence-corrected chi connectivity index (χ1v) is 6.29. The Morgan fingerprint density at radius 2 is 1.80 bits per heavy atom. The third kappa shape index (κ3) is 5.12. The largest absolute Gasteiger partial charge is 0.324 e. The number of nitrogens with two attached hydrogens (primary N) is 1. The van der Waals surface area contributed by atoms with Crippen molar-refractivity contribution in [2.24, 2.45) is 5.73 Å². The lowest BCUT2D eigenvalue weighted by molar-refractivity contribution is 0.444. The van der Waals surface area contributed by atoms with Gasteiger partial charge in [-0.15, -0.1) is 12.4 Å². The maximum Gasteiger partial charge on any atom is 0.279 e. The minimum absolute atomic E-state index is 0. The first kappa shape index (κ1) is 15.1. The van der Waals surface area contributed by atoms with Gasteiger partial charge in [0.25, 0.3) is 10.2 Å². The average Bonchev–Trinajstić information content (AvgIpc) is 2.52. The molecule has 15 heavy (non-hydrogen) atoms. The molecule has 0 bridgehead atoms. The van der Waals surface area contributed by atoms with E-state index in [1.165, 1.54) is 4.31 Å². The number of hydrogen-bond donors (Lipinski definition) is 2. The van der Waals surface area contributed by atoms with Crippen LogP contribution in [0.25, 0.3) is 0 Å². The monoisotopic (exact) mass is 257 g/mol. The molecule has 0 aromatic heterocycles. The van der Waals surface area contributed by atoms with E-state index in [4.69, 9.17) is 5.73 Å². The smallest absolute Gasteiger partial charge is 0.279 e. The third-order valence-corrected chi connectivity index (χ3v) is 3.67. The third-order valence-electron chi connectivity index (χ3n) is 2.12. The summed E-state index contributed by atoms with van der Waals surface area (Å²) >= 11 is 0. The number of hydrogen-bond acceptors (Lipinski definition) is 3. The van der Waals surface area contributed by atoms with E-state index in [-0.39, 0.29) is 19.0 Å². The summed E-state index contributed by atoms with van der Waals surface area (Å²) in [5.41, 5.74) is 5.19. The van der Waals surface area contributed by atoms with Gasteiger partial charge in [-0.2, -0.15) is 12.7 Å². The molecule has 0 atom stereocenters. The molecule has 1 fully saturated rings. The Morgan fingerprint density at radius 3 is 2.20 bits per heavy atom. The summed E-state index contributed by atoms with van der Waals surface area (Å²) < 4.78 is 27.3. The SMILES string of the molecule is CC(C)(N)CNS(=O)(=O)N1CCCC1.Cl. The van der Waals surface area contributed by atoms with Crippen molar-refractivity contribution in [1.82, 2.24) is 9.03 Å². The molecule has 5 nitrogen and oxygen atoms in total. The molecular formula is C8H20ClN3O2S. The molecule has 0 aromatic rings. The lowest BCUT2D eigenvalue weighted by Gasteiger charge is -2.22. The van der Waals surface area contributed by atoms with Crippen LogP contribution in [0.5, 0.6) is 0 Å². The Balaban J connectivity index is 0.00000196. The molecule has 1 aliphatic rings. The molecule has 0 radical (unpaired) electrons. The quantitative estimate of drug-likeness (QED) is 0.749. The van der Waals surface area contributed by atoms with Crippen LogP contribution in [0.1, 0.15) is 26.7 Å². The first-order chi connectivity index (χ1) is 6.31. The summed E-state index contributed by atoms with van der Waals surface area (Å²) in [6.45, 7) is 5.10. The molecule has 0 spiro atoms. The molecule has 92 valence electrons. The molecule has 1 rings (SSSR count). The van der Waals surface area contributed by atoms with Crippen molar-refractivity contribution in [1.29, 1.82) is 0 Å². The van der Waals surface area contributed by atoms with Gasteiger partial charge in [0, 0.05) is 25.2 Å². The molecular weight excluding hydrogens is 238 g/mol. The number of halogens is 1. The summed E-state index contributed by atoms with van der Waals surface area (Å²) in [7, 11) is -3.29. The highest BCUT2D eigenvalue weighted by atomic mass is 35.5. The van der Waals surface area contributed by atoms with E-state index in [1.54, 1.807) is 13.8 Å². The van der Waals surface area contributed by atoms with Crippen LogP contribution in [0.15, 0.2) is 0 Å². The normalized spacial score (nSPS) is 18.9. The molecule has 0 saturated carbocycles. The van der Waals surface area contributed by atoms with Crippen LogP contribution < -0.4 is 10.5 Å². The van der Waals surface area contributed by atoms with Crippen molar-refractivity contribution in [2.45, 2.75) is 32.2 Å². The van der Waals surface area contributed by atoms with Crippen LogP contribution in [0.3, 0.4) is 0 Å². The van der Waals surface area contributed by atoms with Gasteiger partial charge >= 0.3 is 0 Å². The zero-order valence-electron chi connectivity index (χ0n) is 9.19. The molecule has 0 amide bonds. The van der Waals surface area contributed by atoms with Crippen molar-refractivity contribution in [3.63, 3.8) is 0 Å². The second kappa shape index (κ2) is 5.45. The highest BCUT2D eigenvalue weighted by Gasteiger charge is 2.26. The van der Waals surface area contributed by atoms with Crippen molar-refractivity contribution in [3.05, 3.63) is 0 Å². The van der Waals surface area contributed by atoms with Crippen LogP contribution in [0, 0.1) is 0 Å². The van der Waals surface area contributed by atoms with E-state index in [1.807, 2.05) is 0 Å². The number of nitrogens with one attached hydrogen (secondary N) is 1. The second-order valence-corrected chi connectivity index (χ2v) is 6.18. The topological polar surface area (TPSA) is 75.4 Å². The van der Waals surface area contributed by atoms with E-state index in [0.29, 0.717) is 13.1 Å². The zero-order chi connectivity index (χ0) is 10.8. The van der Waals surface area contributed by atoms with Crippen molar-refractivity contribution >= 4 is 22.6 Å². The summed E-state index contributed by atoms with van der Waals surface area (Å²) in [6.07, 6.45) is 1.90. The second-order valence-electron chi connectivity index (χ2n) is 4.42. The average molecular weight is 258 g/mol. The number of rotatable bonds is 4. The molecule has 7 heteroatoms. The lowest BCUT2D eigenvalue weighted by atomic mass is 10.1. The van der Waals surface area contributed by atoms with Gasteiger partial charge in [0.05, 0.1) is 0 Å². The van der Waals surface area contributed by atoms with Crippen LogP contribution in [0.2, 0.25) is 0 Å². The minimum atomic E-state index is -3.29. The van der Waals surface area contributed by atoms with Crippen molar-refractivity contribution < 1.29 is 8.42 Å². The van der Waals surface area contributed by atoms with Gasteiger partial charge in [0.2, 0.25) is 0 Å². The fourth-order valence-electron chi connectivity index (χ4n) is 1.30. The molecule has 0 aliphatic carbocycles. The predicted octanol–water partition coefficient (Wildman–Crippen LogP) is 0.0757. The van der Waals surface area contributed by atoms with E-state index in [0.717, 1.165) is 12.8 Å². The summed E-state index contributed by atoms with van der Waals surface area (Å²) in [4.78, 5) is 0. The predicted molar refractivity (Wildman–Crippen MR) is 63.2 cm³/mol. The van der Waals surface area contributed by atoms with Gasteiger partial charge < -0.3 is 5.73 Å². The highest BCUT2D eigenvalue weighted by molar-refractivity contribution is 7.87. The minimum Gasteiger partial charge on any atom is -0.324 e.